The highest BCUT2D eigenvalue weighted by molar-refractivity contribution is 6.64. The molecule has 0 aliphatic heterocycles. The Balaban J connectivity index is 5.67. The van der Waals surface area contributed by atoms with E-state index < -0.39 is 14.0 Å². The Kier molecular flexibility index (Phi) is 6.31. The van der Waals surface area contributed by atoms with Crippen LogP contribution in [0.1, 0.15) is 47.0 Å². The summed E-state index contributed by atoms with van der Waals surface area (Å²) in [6, 6.07) is 0. The Morgan fingerprint density at radius 1 is 0.882 bits per heavy atom. The standard InChI is InChI=1S/C12H29NO3Si/c1-8-11(4,9-2)12(13,10-3)17(14-5,15-6)16-7/h8-10,13H2,1-7H3. The van der Waals surface area contributed by atoms with Crippen LogP contribution in [0.15, 0.2) is 0 Å². The predicted molar refractivity (Wildman–Crippen MR) is 72.7 cm³/mol. The molecular weight excluding hydrogens is 234 g/mol. The normalized spacial score (nSPS) is 16.9. The van der Waals surface area contributed by atoms with Crippen molar-refractivity contribution in [1.29, 1.82) is 0 Å². The Hall–Kier alpha value is 0.0569. The molecular formula is C12H29NO3Si. The smallest absolute Gasteiger partial charge is 0.376 e. The van der Waals surface area contributed by atoms with Crippen LogP contribution in [0.3, 0.4) is 0 Å². The average Bonchev–Trinajstić information content (AvgIpc) is 2.39. The van der Waals surface area contributed by atoms with Gasteiger partial charge in [-0.05, 0) is 24.7 Å². The molecule has 1 atom stereocenters. The highest BCUT2D eigenvalue weighted by Gasteiger charge is 2.63. The molecule has 0 radical (unpaired) electrons. The largest absolute Gasteiger partial charge is 0.521 e. The second-order valence-corrected chi connectivity index (χ2v) is 7.99. The molecule has 0 heterocycles. The SMILES string of the molecule is CCC(C)(CC)C(N)(CC)[Si](OC)(OC)OC. The van der Waals surface area contributed by atoms with Gasteiger partial charge in [0.25, 0.3) is 0 Å². The summed E-state index contributed by atoms with van der Waals surface area (Å²) in [4.78, 5) is 0. The zero-order valence-corrected chi connectivity index (χ0v) is 13.4. The number of rotatable bonds is 8. The van der Waals surface area contributed by atoms with E-state index in [1.54, 1.807) is 21.3 Å². The van der Waals surface area contributed by atoms with Gasteiger partial charge in [-0.15, -0.1) is 0 Å². The zero-order chi connectivity index (χ0) is 13.7. The van der Waals surface area contributed by atoms with Crippen molar-refractivity contribution in [1.82, 2.24) is 0 Å². The van der Waals surface area contributed by atoms with E-state index in [0.717, 1.165) is 19.3 Å². The topological polar surface area (TPSA) is 53.7 Å². The van der Waals surface area contributed by atoms with Gasteiger partial charge in [0.15, 0.2) is 0 Å². The lowest BCUT2D eigenvalue weighted by atomic mass is 9.76. The van der Waals surface area contributed by atoms with E-state index in [2.05, 4.69) is 27.7 Å². The first kappa shape index (κ1) is 17.1. The van der Waals surface area contributed by atoms with Crippen LogP contribution in [0.4, 0.5) is 0 Å². The molecule has 0 aromatic carbocycles. The van der Waals surface area contributed by atoms with E-state index >= 15 is 0 Å². The van der Waals surface area contributed by atoms with Crippen molar-refractivity contribution in [3.8, 4) is 0 Å². The molecule has 2 N–H and O–H groups in total. The van der Waals surface area contributed by atoms with Gasteiger partial charge in [-0.1, -0.05) is 27.7 Å². The summed E-state index contributed by atoms with van der Waals surface area (Å²) in [5.74, 6) is 0. The monoisotopic (exact) mass is 263 g/mol. The molecule has 0 saturated heterocycles. The Labute approximate surface area is 107 Å². The number of hydrogen-bond donors (Lipinski definition) is 1. The molecule has 0 aliphatic carbocycles. The Morgan fingerprint density at radius 2 is 1.24 bits per heavy atom. The molecule has 4 nitrogen and oxygen atoms in total. The van der Waals surface area contributed by atoms with E-state index in [9.17, 15) is 0 Å². The fourth-order valence-corrected chi connectivity index (χ4v) is 5.81. The van der Waals surface area contributed by atoms with E-state index in [0.29, 0.717) is 0 Å². The van der Waals surface area contributed by atoms with Crippen LogP contribution in [0.5, 0.6) is 0 Å². The zero-order valence-electron chi connectivity index (χ0n) is 12.4. The van der Waals surface area contributed by atoms with Gasteiger partial charge in [0, 0.05) is 21.3 Å². The number of hydrogen-bond acceptors (Lipinski definition) is 4. The van der Waals surface area contributed by atoms with Crippen LogP contribution in [-0.4, -0.2) is 35.3 Å². The van der Waals surface area contributed by atoms with Crippen molar-refractivity contribution in [3.05, 3.63) is 0 Å². The van der Waals surface area contributed by atoms with Gasteiger partial charge in [-0.25, -0.2) is 0 Å². The van der Waals surface area contributed by atoms with Gasteiger partial charge in [-0.2, -0.15) is 0 Å². The maximum Gasteiger partial charge on any atom is 0.521 e. The Morgan fingerprint density at radius 3 is 1.41 bits per heavy atom. The first-order valence-electron chi connectivity index (χ1n) is 6.31. The first-order chi connectivity index (χ1) is 7.86. The fraction of sp³-hybridized carbons (Fsp3) is 1.00. The number of nitrogens with two attached hydrogens (primary N) is 1. The van der Waals surface area contributed by atoms with Crippen LogP contribution >= 0.6 is 0 Å². The highest BCUT2D eigenvalue weighted by atomic mass is 28.4. The summed E-state index contributed by atoms with van der Waals surface area (Å²) in [7, 11) is 2.01. The predicted octanol–water partition coefficient (Wildman–Crippen LogP) is 2.34. The minimum Gasteiger partial charge on any atom is -0.376 e. The third-order valence-corrected chi connectivity index (χ3v) is 8.21. The third-order valence-electron chi connectivity index (χ3n) is 4.55. The molecule has 0 bridgehead atoms. The molecule has 1 unspecified atom stereocenters. The van der Waals surface area contributed by atoms with Gasteiger partial charge >= 0.3 is 8.80 Å². The lowest BCUT2D eigenvalue weighted by Gasteiger charge is -2.51. The molecule has 0 fully saturated rings. The molecule has 0 aliphatic rings. The molecule has 0 aromatic rings. The van der Waals surface area contributed by atoms with Gasteiger partial charge in [-0.3, -0.25) is 0 Å². The Bertz CT molecular complexity index is 222. The third kappa shape index (κ3) is 2.44. The first-order valence-corrected chi connectivity index (χ1v) is 8.03. The molecule has 0 aromatic heterocycles. The molecule has 5 heteroatoms. The molecule has 17 heavy (non-hydrogen) atoms. The van der Waals surface area contributed by atoms with Crippen LogP contribution in [0.2, 0.25) is 0 Å². The van der Waals surface area contributed by atoms with E-state index in [4.69, 9.17) is 19.0 Å². The van der Waals surface area contributed by atoms with Crippen LogP contribution in [-0.2, 0) is 13.3 Å². The summed E-state index contributed by atoms with van der Waals surface area (Å²) < 4.78 is 16.8. The highest BCUT2D eigenvalue weighted by Crippen LogP contribution is 2.44. The maximum absolute atomic E-state index is 6.69. The fourth-order valence-electron chi connectivity index (χ4n) is 2.69. The summed E-state index contributed by atoms with van der Waals surface area (Å²) in [6.45, 7) is 8.57. The lowest BCUT2D eigenvalue weighted by Crippen LogP contribution is -2.74. The van der Waals surface area contributed by atoms with Crippen molar-refractivity contribution >= 4 is 8.80 Å². The van der Waals surface area contributed by atoms with Crippen LogP contribution < -0.4 is 5.73 Å². The minimum absolute atomic E-state index is 0.0595. The van der Waals surface area contributed by atoms with Crippen molar-refractivity contribution in [2.45, 2.75) is 52.1 Å². The molecule has 0 amide bonds. The molecule has 0 spiro atoms. The summed E-state index contributed by atoms with van der Waals surface area (Å²) >= 11 is 0. The van der Waals surface area contributed by atoms with Crippen molar-refractivity contribution < 1.29 is 13.3 Å². The van der Waals surface area contributed by atoms with Crippen LogP contribution in [0.25, 0.3) is 0 Å². The van der Waals surface area contributed by atoms with E-state index in [-0.39, 0.29) is 5.41 Å². The van der Waals surface area contributed by atoms with Crippen molar-refractivity contribution in [3.63, 3.8) is 0 Å². The molecule has 0 rings (SSSR count). The second-order valence-electron chi connectivity index (χ2n) is 4.76. The molecule has 0 saturated carbocycles. The second kappa shape index (κ2) is 6.29. The lowest BCUT2D eigenvalue weighted by molar-refractivity contribution is 0.0398. The van der Waals surface area contributed by atoms with Crippen molar-refractivity contribution in [2.75, 3.05) is 21.3 Å². The quantitative estimate of drug-likeness (QED) is 0.683. The molecule has 104 valence electrons. The van der Waals surface area contributed by atoms with Gasteiger partial charge < -0.3 is 19.0 Å². The van der Waals surface area contributed by atoms with Gasteiger partial charge in [0.1, 0.15) is 0 Å². The average molecular weight is 263 g/mol. The maximum atomic E-state index is 6.69. The minimum atomic E-state index is -2.87. The van der Waals surface area contributed by atoms with Gasteiger partial charge in [0.05, 0.1) is 5.16 Å². The summed E-state index contributed by atoms with van der Waals surface area (Å²) in [5.41, 5.74) is 6.63. The van der Waals surface area contributed by atoms with Gasteiger partial charge in [0.2, 0.25) is 0 Å². The van der Waals surface area contributed by atoms with E-state index in [1.807, 2.05) is 0 Å². The van der Waals surface area contributed by atoms with Crippen molar-refractivity contribution in [2.24, 2.45) is 11.1 Å². The summed E-state index contributed by atoms with van der Waals surface area (Å²) in [6.07, 6.45) is 2.71. The summed E-state index contributed by atoms with van der Waals surface area (Å²) in [5, 5.41) is -0.568. The van der Waals surface area contributed by atoms with E-state index in [1.165, 1.54) is 0 Å². The van der Waals surface area contributed by atoms with Crippen LogP contribution in [0, 0.1) is 5.41 Å².